The fourth-order valence-electron chi connectivity index (χ4n) is 9.13. The van der Waals surface area contributed by atoms with E-state index < -0.39 is 0 Å². The van der Waals surface area contributed by atoms with Gasteiger partial charge in [0, 0.05) is 49.5 Å². The van der Waals surface area contributed by atoms with Crippen LogP contribution in [0.3, 0.4) is 0 Å². The third-order valence-electron chi connectivity index (χ3n) is 12.5. The number of aromatic nitrogens is 2. The molecule has 0 spiro atoms. The van der Waals surface area contributed by atoms with E-state index >= 15 is 0 Å². The molecular formula is C52H52N2O. The van der Waals surface area contributed by atoms with Gasteiger partial charge in [0.2, 0.25) is 0 Å². The third-order valence-corrected chi connectivity index (χ3v) is 12.5. The molecule has 0 aliphatic heterocycles. The molecule has 6 aromatic carbocycles. The average Bonchev–Trinajstić information content (AvgIpc) is 3.83. The summed E-state index contributed by atoms with van der Waals surface area (Å²) in [6, 6.07) is 37.4. The molecule has 3 nitrogen and oxygen atoms in total. The minimum atomic E-state index is -0.0101. The fourth-order valence-corrected chi connectivity index (χ4v) is 9.13. The van der Waals surface area contributed by atoms with Gasteiger partial charge in [0.15, 0.2) is 0 Å². The molecule has 0 fully saturated rings. The van der Waals surface area contributed by atoms with E-state index in [2.05, 4.69) is 189 Å². The summed E-state index contributed by atoms with van der Waals surface area (Å²) in [6.45, 7) is 27.7. The second kappa shape index (κ2) is 10.7. The van der Waals surface area contributed by atoms with Crippen LogP contribution < -0.4 is 0 Å². The van der Waals surface area contributed by atoms with Gasteiger partial charge in [-0.25, -0.2) is 0 Å². The van der Waals surface area contributed by atoms with E-state index in [0.29, 0.717) is 0 Å². The van der Waals surface area contributed by atoms with Crippen LogP contribution in [0.5, 0.6) is 0 Å². The first kappa shape index (κ1) is 34.2. The summed E-state index contributed by atoms with van der Waals surface area (Å²) in [5.41, 5.74) is 14.7. The molecule has 3 heteroatoms. The highest BCUT2D eigenvalue weighted by atomic mass is 16.3. The molecule has 0 aliphatic carbocycles. The summed E-state index contributed by atoms with van der Waals surface area (Å²) < 4.78 is 12.0. The Hall–Kier alpha value is -5.28. The largest absolute Gasteiger partial charge is 0.455 e. The lowest BCUT2D eigenvalue weighted by atomic mass is 9.84. The van der Waals surface area contributed by atoms with Gasteiger partial charge in [-0.2, -0.15) is 0 Å². The van der Waals surface area contributed by atoms with Gasteiger partial charge in [0.25, 0.3) is 0 Å². The number of benzene rings is 6. The molecule has 0 saturated heterocycles. The molecule has 0 radical (unpaired) electrons. The van der Waals surface area contributed by atoms with Gasteiger partial charge in [-0.15, -0.1) is 0 Å². The van der Waals surface area contributed by atoms with Crippen LogP contribution in [-0.4, -0.2) is 8.97 Å². The first-order valence-electron chi connectivity index (χ1n) is 20.0. The lowest BCUT2D eigenvalue weighted by molar-refractivity contribution is 0.590. The van der Waals surface area contributed by atoms with Crippen molar-refractivity contribution in [2.45, 2.75) is 105 Å². The minimum Gasteiger partial charge on any atom is -0.455 e. The van der Waals surface area contributed by atoms with E-state index in [1.54, 1.807) is 0 Å². The van der Waals surface area contributed by atoms with Gasteiger partial charge in [0.05, 0.1) is 33.0 Å². The topological polar surface area (TPSA) is 22.5 Å². The monoisotopic (exact) mass is 720 g/mol. The minimum absolute atomic E-state index is 0.0101. The van der Waals surface area contributed by atoms with Crippen molar-refractivity contribution in [2.75, 3.05) is 0 Å². The molecule has 0 amide bonds. The third kappa shape index (κ3) is 4.87. The van der Waals surface area contributed by atoms with Gasteiger partial charge in [-0.3, -0.25) is 0 Å². The van der Waals surface area contributed by atoms with Gasteiger partial charge in [0.1, 0.15) is 11.2 Å². The van der Waals surface area contributed by atoms with Crippen molar-refractivity contribution in [3.63, 3.8) is 0 Å². The molecule has 0 bridgehead atoms. The Morgan fingerprint density at radius 3 is 1.38 bits per heavy atom. The van der Waals surface area contributed by atoms with E-state index in [4.69, 9.17) is 4.42 Å². The molecule has 10 aromatic rings. The van der Waals surface area contributed by atoms with Crippen molar-refractivity contribution < 1.29 is 4.42 Å². The van der Waals surface area contributed by atoms with Crippen LogP contribution in [0.2, 0.25) is 0 Å². The molecule has 4 heterocycles. The van der Waals surface area contributed by atoms with Crippen molar-refractivity contribution in [2.24, 2.45) is 0 Å². The molecule has 0 saturated carbocycles. The van der Waals surface area contributed by atoms with Gasteiger partial charge in [-0.1, -0.05) is 101 Å². The normalized spacial score (nSPS) is 13.8. The smallest absolute Gasteiger partial charge is 0.145 e. The highest BCUT2D eigenvalue weighted by Crippen LogP contribution is 2.47. The predicted molar refractivity (Wildman–Crippen MR) is 238 cm³/mol. The van der Waals surface area contributed by atoms with Crippen LogP contribution in [0.25, 0.3) is 87.5 Å². The van der Waals surface area contributed by atoms with Crippen molar-refractivity contribution >= 4 is 81.8 Å². The fraction of sp³-hybridized carbons (Fsp3) is 0.308. The zero-order valence-corrected chi connectivity index (χ0v) is 34.5. The number of nitrogens with zero attached hydrogens (tertiary/aromatic N) is 2. The van der Waals surface area contributed by atoms with Gasteiger partial charge in [-0.05, 0) is 117 Å². The highest BCUT2D eigenvalue weighted by molar-refractivity contribution is 6.30. The molecule has 10 rings (SSSR count). The molecular weight excluding hydrogens is 669 g/mol. The lowest BCUT2D eigenvalue weighted by Crippen LogP contribution is -2.11. The Morgan fingerprint density at radius 1 is 0.382 bits per heavy atom. The summed E-state index contributed by atoms with van der Waals surface area (Å²) in [6.07, 6.45) is 0. The standard InChI is InChI=1S/C52H52N2O/c1-49(2,3)29-13-19-41-36(23-29)37-24-30(50(4,5)6)14-20-42(37)53(41)33-16-17-34-35-18-22-44-46(48(35)55-45(34)28-33)40-27-32(52(10,11)12)26-39-38-25-31(51(7,8)9)15-21-43(38)54(44)47(39)40/h13-28H,1-12H3. The van der Waals surface area contributed by atoms with Gasteiger partial charge >= 0.3 is 0 Å². The van der Waals surface area contributed by atoms with Crippen molar-refractivity contribution in [3.8, 4) is 5.69 Å². The van der Waals surface area contributed by atoms with Crippen LogP contribution in [-0.2, 0) is 21.7 Å². The van der Waals surface area contributed by atoms with E-state index in [1.165, 1.54) is 82.2 Å². The Labute approximate surface area is 323 Å². The lowest BCUT2D eigenvalue weighted by Gasteiger charge is -2.20. The van der Waals surface area contributed by atoms with Crippen LogP contribution >= 0.6 is 0 Å². The van der Waals surface area contributed by atoms with E-state index in [1.807, 2.05) is 0 Å². The zero-order chi connectivity index (χ0) is 38.7. The first-order valence-corrected chi connectivity index (χ1v) is 20.0. The van der Waals surface area contributed by atoms with Crippen LogP contribution in [0, 0.1) is 0 Å². The van der Waals surface area contributed by atoms with Gasteiger partial charge < -0.3 is 13.4 Å². The number of rotatable bonds is 1. The Balaban J connectivity index is 1.26. The van der Waals surface area contributed by atoms with E-state index in [-0.39, 0.29) is 21.7 Å². The summed E-state index contributed by atoms with van der Waals surface area (Å²) in [7, 11) is 0. The Bertz CT molecular complexity index is 3150. The summed E-state index contributed by atoms with van der Waals surface area (Å²) >= 11 is 0. The SMILES string of the molecule is CC(C)(C)c1ccc2c(c1)c1cc(C(C)(C)C)ccc1n2-c1ccc2c(c1)oc1c2ccc2c1c1cc(C(C)(C)C)cc3c4cc(C(C)(C)C)ccc4n2c31. The number of hydrogen-bond acceptors (Lipinski definition) is 1. The summed E-state index contributed by atoms with van der Waals surface area (Å²) in [5, 5.41) is 10.0. The Morgan fingerprint density at radius 2 is 0.836 bits per heavy atom. The summed E-state index contributed by atoms with van der Waals surface area (Å²) in [4.78, 5) is 0. The number of furan rings is 1. The molecule has 4 aromatic heterocycles. The number of hydrogen-bond donors (Lipinski definition) is 0. The van der Waals surface area contributed by atoms with E-state index in [0.717, 1.165) is 27.6 Å². The average molecular weight is 721 g/mol. The van der Waals surface area contributed by atoms with Crippen LogP contribution in [0.4, 0.5) is 0 Å². The molecule has 0 N–H and O–H groups in total. The van der Waals surface area contributed by atoms with Crippen molar-refractivity contribution in [3.05, 3.63) is 119 Å². The maximum atomic E-state index is 7.09. The summed E-state index contributed by atoms with van der Waals surface area (Å²) in [5.74, 6) is 0. The van der Waals surface area contributed by atoms with Crippen LogP contribution in [0.15, 0.2) is 101 Å². The molecule has 0 aliphatic rings. The first-order chi connectivity index (χ1) is 25.8. The van der Waals surface area contributed by atoms with Crippen molar-refractivity contribution in [1.82, 2.24) is 8.97 Å². The van der Waals surface area contributed by atoms with E-state index in [9.17, 15) is 0 Å². The van der Waals surface area contributed by atoms with Crippen LogP contribution in [0.1, 0.15) is 105 Å². The molecule has 276 valence electrons. The Kier molecular flexibility index (Phi) is 6.67. The number of fused-ring (bicyclic) bond motifs is 13. The predicted octanol–water partition coefficient (Wildman–Crippen LogP) is 15.0. The molecule has 0 atom stereocenters. The quantitative estimate of drug-likeness (QED) is 0.166. The maximum absolute atomic E-state index is 7.09. The zero-order valence-electron chi connectivity index (χ0n) is 34.5. The highest BCUT2D eigenvalue weighted by Gasteiger charge is 2.27. The van der Waals surface area contributed by atoms with Crippen molar-refractivity contribution in [1.29, 1.82) is 0 Å². The second-order valence-electron chi connectivity index (χ2n) is 20.4. The molecule has 0 unspecified atom stereocenters. The maximum Gasteiger partial charge on any atom is 0.145 e. The molecule has 55 heavy (non-hydrogen) atoms. The second-order valence-corrected chi connectivity index (χ2v) is 20.4.